The highest BCUT2D eigenvalue weighted by Crippen LogP contribution is 2.45. The van der Waals surface area contributed by atoms with Gasteiger partial charge in [0.05, 0.1) is 26.4 Å². The summed E-state index contributed by atoms with van der Waals surface area (Å²) in [6.45, 7) is 9.58. The molecule has 0 saturated heterocycles. The monoisotopic (exact) mass is 1350 g/mol. The van der Waals surface area contributed by atoms with Gasteiger partial charge < -0.3 is 33.8 Å². The lowest BCUT2D eigenvalue weighted by Gasteiger charge is -2.21. The zero-order chi connectivity index (χ0) is 67.9. The second-order valence-corrected chi connectivity index (χ2v) is 30.0. The summed E-state index contributed by atoms with van der Waals surface area (Å²) in [5.41, 5.74) is 0. The van der Waals surface area contributed by atoms with Crippen molar-refractivity contribution < 1.29 is 80.2 Å². The molecule has 19 heteroatoms. The Labute approximate surface area is 562 Å². The number of aliphatic hydroxyl groups excluding tert-OH is 1. The van der Waals surface area contributed by atoms with E-state index in [0.717, 1.165) is 102 Å². The second-order valence-electron chi connectivity index (χ2n) is 27.1. The van der Waals surface area contributed by atoms with Crippen LogP contribution in [0.2, 0.25) is 0 Å². The maximum absolute atomic E-state index is 13.1. The van der Waals surface area contributed by atoms with Gasteiger partial charge in [-0.1, -0.05) is 324 Å². The van der Waals surface area contributed by atoms with Crippen LogP contribution in [-0.4, -0.2) is 96.7 Å². The van der Waals surface area contributed by atoms with E-state index in [1.807, 2.05) is 0 Å². The van der Waals surface area contributed by atoms with Crippen LogP contribution in [0.4, 0.5) is 0 Å². The summed E-state index contributed by atoms with van der Waals surface area (Å²) in [4.78, 5) is 72.7. The van der Waals surface area contributed by atoms with E-state index in [2.05, 4.69) is 41.5 Å². The molecule has 92 heavy (non-hydrogen) atoms. The molecule has 6 atom stereocenters. The van der Waals surface area contributed by atoms with Crippen molar-refractivity contribution in [1.82, 2.24) is 0 Å². The molecule has 0 radical (unpaired) electrons. The van der Waals surface area contributed by atoms with Crippen LogP contribution in [0.25, 0.3) is 0 Å². The SMILES string of the molecule is CCCCCCCCCCCCCCCCC(=O)OC[C@H](COP(=O)(O)OC[C@@H](O)COP(=O)(O)OC[C@@H](COC(=O)CCCCCCCCCCCCCC)OC(=O)CCCCCCCCCCC(C)CC)OC(=O)CCCCCCCCCCCCCC(C)C. The molecule has 0 aliphatic carbocycles. The fourth-order valence-corrected chi connectivity index (χ4v) is 12.7. The van der Waals surface area contributed by atoms with Crippen molar-refractivity contribution in [2.24, 2.45) is 11.8 Å². The van der Waals surface area contributed by atoms with Crippen molar-refractivity contribution in [3.05, 3.63) is 0 Å². The molecule has 0 spiro atoms. The number of carbonyl (C=O) groups excluding carboxylic acids is 4. The van der Waals surface area contributed by atoms with Gasteiger partial charge in [-0.3, -0.25) is 37.3 Å². The van der Waals surface area contributed by atoms with Gasteiger partial charge in [0.25, 0.3) is 0 Å². The molecule has 0 saturated carbocycles. The minimum atomic E-state index is -4.95. The molecular weight excluding hydrogens is 1210 g/mol. The molecule has 0 fully saturated rings. The van der Waals surface area contributed by atoms with E-state index in [0.29, 0.717) is 25.7 Å². The number of phosphoric acid groups is 2. The lowest BCUT2D eigenvalue weighted by atomic mass is 9.99. The molecule has 3 unspecified atom stereocenters. The van der Waals surface area contributed by atoms with Crippen molar-refractivity contribution in [3.63, 3.8) is 0 Å². The summed E-state index contributed by atoms with van der Waals surface area (Å²) in [7, 11) is -9.91. The molecule has 0 aliphatic heterocycles. The zero-order valence-corrected chi connectivity index (χ0v) is 61.6. The number of carbonyl (C=O) groups is 4. The maximum Gasteiger partial charge on any atom is 0.472 e. The number of ether oxygens (including phenoxy) is 4. The third-order valence-corrected chi connectivity index (χ3v) is 19.2. The Morgan fingerprint density at radius 3 is 0.826 bits per heavy atom. The molecule has 0 aliphatic rings. The molecule has 0 heterocycles. The van der Waals surface area contributed by atoms with E-state index in [9.17, 15) is 43.2 Å². The Kier molecular flexibility index (Phi) is 63.7. The quantitative estimate of drug-likeness (QED) is 0.0222. The number of unbranched alkanes of at least 4 members (excludes halogenated alkanes) is 41. The van der Waals surface area contributed by atoms with E-state index in [4.69, 9.17) is 37.0 Å². The average Bonchev–Trinajstić information content (AvgIpc) is 2.95. The number of phosphoric ester groups is 2. The van der Waals surface area contributed by atoms with Crippen LogP contribution in [0.5, 0.6) is 0 Å². The average molecular weight is 1350 g/mol. The predicted octanol–water partition coefficient (Wildman–Crippen LogP) is 21.2. The minimum Gasteiger partial charge on any atom is -0.462 e. The zero-order valence-electron chi connectivity index (χ0n) is 59.9. The first-order valence-corrected chi connectivity index (χ1v) is 41.0. The highest BCUT2D eigenvalue weighted by Gasteiger charge is 2.30. The number of rotatable bonds is 72. The largest absolute Gasteiger partial charge is 0.472 e. The normalized spacial score (nSPS) is 14.4. The fraction of sp³-hybridized carbons (Fsp3) is 0.945. The third-order valence-electron chi connectivity index (χ3n) is 17.3. The summed E-state index contributed by atoms with van der Waals surface area (Å²) in [6, 6.07) is 0. The summed E-state index contributed by atoms with van der Waals surface area (Å²) in [5, 5.41) is 10.6. The Bertz CT molecular complexity index is 1790. The van der Waals surface area contributed by atoms with Crippen LogP contribution in [0.3, 0.4) is 0 Å². The predicted molar refractivity (Wildman–Crippen MR) is 372 cm³/mol. The van der Waals surface area contributed by atoms with Crippen LogP contribution in [0.1, 0.15) is 375 Å². The number of esters is 4. The second kappa shape index (κ2) is 65.0. The topological polar surface area (TPSA) is 237 Å². The maximum atomic E-state index is 13.1. The lowest BCUT2D eigenvalue weighted by Crippen LogP contribution is -2.30. The first-order valence-electron chi connectivity index (χ1n) is 38.0. The Hall–Kier alpha value is -1.94. The smallest absolute Gasteiger partial charge is 0.462 e. The van der Waals surface area contributed by atoms with Crippen molar-refractivity contribution >= 4 is 39.5 Å². The van der Waals surface area contributed by atoms with Crippen molar-refractivity contribution in [1.29, 1.82) is 0 Å². The molecule has 0 aromatic carbocycles. The Balaban J connectivity index is 5.27. The van der Waals surface area contributed by atoms with E-state index < -0.39 is 97.5 Å². The van der Waals surface area contributed by atoms with Crippen LogP contribution in [0.15, 0.2) is 0 Å². The van der Waals surface area contributed by atoms with Gasteiger partial charge in [0.15, 0.2) is 12.2 Å². The van der Waals surface area contributed by atoms with Gasteiger partial charge in [-0.15, -0.1) is 0 Å². The van der Waals surface area contributed by atoms with Gasteiger partial charge >= 0.3 is 39.5 Å². The highest BCUT2D eigenvalue weighted by molar-refractivity contribution is 7.47. The molecule has 0 rings (SSSR count). The fourth-order valence-electron chi connectivity index (χ4n) is 11.1. The van der Waals surface area contributed by atoms with Crippen LogP contribution in [-0.2, 0) is 65.4 Å². The van der Waals surface area contributed by atoms with Crippen LogP contribution < -0.4 is 0 Å². The number of aliphatic hydroxyl groups is 1. The minimum absolute atomic E-state index is 0.105. The number of hydrogen-bond acceptors (Lipinski definition) is 15. The first kappa shape index (κ1) is 90.1. The Morgan fingerprint density at radius 2 is 0.554 bits per heavy atom. The van der Waals surface area contributed by atoms with Gasteiger partial charge in [-0.2, -0.15) is 0 Å². The van der Waals surface area contributed by atoms with Gasteiger partial charge in [0.2, 0.25) is 0 Å². The van der Waals surface area contributed by atoms with Gasteiger partial charge in [0.1, 0.15) is 19.3 Å². The van der Waals surface area contributed by atoms with Gasteiger partial charge in [0, 0.05) is 25.7 Å². The highest BCUT2D eigenvalue weighted by atomic mass is 31.2. The van der Waals surface area contributed by atoms with E-state index in [1.54, 1.807) is 0 Å². The molecule has 546 valence electrons. The van der Waals surface area contributed by atoms with Crippen LogP contribution in [0, 0.1) is 11.8 Å². The molecule has 0 bridgehead atoms. The number of hydrogen-bond donors (Lipinski definition) is 3. The molecule has 0 amide bonds. The van der Waals surface area contributed by atoms with Crippen molar-refractivity contribution in [2.45, 2.75) is 394 Å². The van der Waals surface area contributed by atoms with Gasteiger partial charge in [-0.05, 0) is 37.5 Å². The molecule has 0 aromatic rings. The summed E-state index contributed by atoms with van der Waals surface area (Å²) < 4.78 is 68.4. The first-order chi connectivity index (χ1) is 44.4. The van der Waals surface area contributed by atoms with Crippen LogP contribution >= 0.6 is 15.6 Å². The summed E-state index contributed by atoms with van der Waals surface area (Å²) in [6.07, 6.45) is 51.1. The van der Waals surface area contributed by atoms with E-state index >= 15 is 0 Å². The molecule has 17 nitrogen and oxygen atoms in total. The lowest BCUT2D eigenvalue weighted by molar-refractivity contribution is -0.161. The summed E-state index contributed by atoms with van der Waals surface area (Å²) in [5.74, 6) is -0.584. The molecule has 3 N–H and O–H groups in total. The summed E-state index contributed by atoms with van der Waals surface area (Å²) >= 11 is 0. The molecule has 0 aromatic heterocycles. The third kappa shape index (κ3) is 65.4. The van der Waals surface area contributed by atoms with Crippen molar-refractivity contribution in [2.75, 3.05) is 39.6 Å². The van der Waals surface area contributed by atoms with E-state index in [1.165, 1.54) is 193 Å². The van der Waals surface area contributed by atoms with Crippen molar-refractivity contribution in [3.8, 4) is 0 Å². The standard InChI is InChI=1S/C73H142O17P2/c1-7-10-12-14-16-18-20-22-23-27-31-38-44-50-56-71(76)83-61-68(89-72(77)57-51-45-39-32-28-24-25-29-35-41-47-53-65(4)5)63-87-91(79,80)85-59-67(74)60-86-92(81,82)88-64-69(90-73(78)58-52-46-40-34-33-36-42-48-54-66(6)9-3)62-84-70(75)55-49-43-37-30-26-21-19-17-15-13-11-8-2/h65-69,74H,7-64H2,1-6H3,(H,79,80)(H,81,82)/t66?,67-,68-,69-/m1/s1. The Morgan fingerprint density at radius 1 is 0.315 bits per heavy atom. The van der Waals surface area contributed by atoms with E-state index in [-0.39, 0.29) is 25.7 Å². The molecular formula is C73H142O17P2. The van der Waals surface area contributed by atoms with Gasteiger partial charge in [-0.25, -0.2) is 9.13 Å².